The van der Waals surface area contributed by atoms with Crippen molar-refractivity contribution in [2.75, 3.05) is 0 Å². The van der Waals surface area contributed by atoms with Gasteiger partial charge in [0.1, 0.15) is 12.4 Å². The molecule has 0 saturated heterocycles. The van der Waals surface area contributed by atoms with Gasteiger partial charge in [-0.2, -0.15) is 10.4 Å². The number of benzene rings is 2. The normalized spacial score (nSPS) is 14.3. The third kappa shape index (κ3) is 3.76. The molecule has 2 heterocycles. The van der Waals surface area contributed by atoms with Gasteiger partial charge in [-0.25, -0.2) is 0 Å². The van der Waals surface area contributed by atoms with E-state index in [1.807, 2.05) is 54.1 Å². The molecule has 4 aromatic rings. The molecule has 0 radical (unpaired) electrons. The van der Waals surface area contributed by atoms with Crippen molar-refractivity contribution < 1.29 is 4.74 Å². The summed E-state index contributed by atoms with van der Waals surface area (Å²) in [5.74, 6) is 0.509. The third-order valence-corrected chi connectivity index (χ3v) is 6.32. The fourth-order valence-electron chi connectivity index (χ4n) is 3.91. The highest BCUT2D eigenvalue weighted by molar-refractivity contribution is 6.30. The lowest BCUT2D eigenvalue weighted by Crippen LogP contribution is -2.12. The minimum atomic E-state index is -0.283. The number of halogens is 1. The minimum absolute atomic E-state index is 0.218. The molecule has 0 atom stereocenters. The Labute approximate surface area is 190 Å². The van der Waals surface area contributed by atoms with Crippen molar-refractivity contribution in [3.8, 4) is 22.9 Å². The molecule has 1 saturated carbocycles. The Kier molecular flexibility index (Phi) is 4.99. The van der Waals surface area contributed by atoms with E-state index >= 15 is 0 Å². The largest absolute Gasteiger partial charge is 0.488 e. The number of ether oxygens (including phenoxy) is 1. The van der Waals surface area contributed by atoms with Gasteiger partial charge in [0.25, 0.3) is 5.56 Å². The SMILES string of the molecule is Cc1c2cc(-c3c(OCc4ccc(Cl)cc4)cc[nH]c3=O)ccc2nn1CC1(C#N)CC1. The number of fused-ring (bicyclic) bond motifs is 1. The molecule has 1 fully saturated rings. The van der Waals surface area contributed by atoms with E-state index in [4.69, 9.17) is 16.3 Å². The summed E-state index contributed by atoms with van der Waals surface area (Å²) in [7, 11) is 0. The summed E-state index contributed by atoms with van der Waals surface area (Å²) >= 11 is 5.96. The number of aryl methyl sites for hydroxylation is 1. The summed E-state index contributed by atoms with van der Waals surface area (Å²) in [6.07, 6.45) is 3.41. The van der Waals surface area contributed by atoms with Gasteiger partial charge in [0.15, 0.2) is 0 Å². The summed E-state index contributed by atoms with van der Waals surface area (Å²) in [4.78, 5) is 15.5. The van der Waals surface area contributed by atoms with E-state index in [1.54, 1.807) is 12.3 Å². The highest BCUT2D eigenvalue weighted by Crippen LogP contribution is 2.46. The van der Waals surface area contributed by atoms with Gasteiger partial charge in [0, 0.05) is 22.3 Å². The van der Waals surface area contributed by atoms with Crippen LogP contribution < -0.4 is 10.3 Å². The molecule has 5 rings (SSSR count). The molecule has 32 heavy (non-hydrogen) atoms. The monoisotopic (exact) mass is 444 g/mol. The van der Waals surface area contributed by atoms with E-state index in [2.05, 4.69) is 16.2 Å². The molecular formula is C25H21ClN4O2. The van der Waals surface area contributed by atoms with Gasteiger partial charge in [-0.1, -0.05) is 29.8 Å². The topological polar surface area (TPSA) is 83.7 Å². The molecule has 160 valence electrons. The molecule has 0 spiro atoms. The molecule has 0 bridgehead atoms. The minimum Gasteiger partial charge on any atom is -0.488 e. The average Bonchev–Trinajstić information content (AvgIpc) is 3.51. The Morgan fingerprint density at radius 1 is 1.22 bits per heavy atom. The number of hydrogen-bond acceptors (Lipinski definition) is 4. The molecule has 1 aliphatic carbocycles. The first-order valence-corrected chi connectivity index (χ1v) is 10.8. The van der Waals surface area contributed by atoms with E-state index < -0.39 is 0 Å². The third-order valence-electron chi connectivity index (χ3n) is 6.06. The van der Waals surface area contributed by atoms with Crippen molar-refractivity contribution in [3.63, 3.8) is 0 Å². The smallest absolute Gasteiger partial charge is 0.259 e. The second kappa shape index (κ2) is 7.85. The number of pyridine rings is 1. The predicted octanol–water partition coefficient (Wildman–Crippen LogP) is 5.24. The lowest BCUT2D eigenvalue weighted by atomic mass is 10.0. The van der Waals surface area contributed by atoms with Crippen LogP contribution in [0.3, 0.4) is 0 Å². The van der Waals surface area contributed by atoms with Crippen LogP contribution in [0.4, 0.5) is 0 Å². The van der Waals surface area contributed by atoms with Crippen molar-refractivity contribution in [2.24, 2.45) is 5.41 Å². The van der Waals surface area contributed by atoms with Crippen LogP contribution in [-0.4, -0.2) is 14.8 Å². The van der Waals surface area contributed by atoms with E-state index in [0.29, 0.717) is 29.5 Å². The molecule has 7 heteroatoms. The second-order valence-corrected chi connectivity index (χ2v) is 8.76. The number of nitriles is 1. The van der Waals surface area contributed by atoms with Crippen LogP contribution in [0.1, 0.15) is 24.1 Å². The molecule has 2 aromatic heterocycles. The molecule has 6 nitrogen and oxygen atoms in total. The number of rotatable bonds is 6. The van der Waals surface area contributed by atoms with Gasteiger partial charge in [-0.05, 0) is 61.2 Å². The second-order valence-electron chi connectivity index (χ2n) is 8.33. The maximum absolute atomic E-state index is 12.7. The fraction of sp³-hybridized carbons (Fsp3) is 0.240. The zero-order valence-electron chi connectivity index (χ0n) is 17.6. The standard InChI is InChI=1S/C25H21ClN4O2/c1-16-20-12-18(4-7-21(20)29-30(16)15-25(14-27)9-10-25)23-22(8-11-28-24(23)31)32-13-17-2-5-19(26)6-3-17/h2-8,11-12H,9-10,13,15H2,1H3,(H,28,31). The van der Waals surface area contributed by atoms with Crippen LogP contribution in [0.5, 0.6) is 5.75 Å². The van der Waals surface area contributed by atoms with Gasteiger partial charge in [-0.15, -0.1) is 0 Å². The quantitative estimate of drug-likeness (QED) is 0.441. The Bertz CT molecular complexity index is 1410. The molecule has 0 amide bonds. The lowest BCUT2D eigenvalue weighted by Gasteiger charge is -2.11. The molecule has 1 aliphatic rings. The van der Waals surface area contributed by atoms with Crippen LogP contribution in [-0.2, 0) is 13.2 Å². The summed E-state index contributed by atoms with van der Waals surface area (Å²) in [6.45, 7) is 2.92. The van der Waals surface area contributed by atoms with E-state index in [1.165, 1.54) is 0 Å². The first-order chi connectivity index (χ1) is 15.5. The number of H-pyrrole nitrogens is 1. The van der Waals surface area contributed by atoms with Gasteiger partial charge in [0.05, 0.1) is 29.1 Å². The van der Waals surface area contributed by atoms with Crippen molar-refractivity contribution in [1.82, 2.24) is 14.8 Å². The van der Waals surface area contributed by atoms with E-state index in [-0.39, 0.29) is 11.0 Å². The highest BCUT2D eigenvalue weighted by atomic mass is 35.5. The average molecular weight is 445 g/mol. The summed E-state index contributed by atoms with van der Waals surface area (Å²) in [5, 5.41) is 15.7. The zero-order valence-corrected chi connectivity index (χ0v) is 18.3. The molecule has 1 N–H and O–H groups in total. The van der Waals surface area contributed by atoms with Crippen molar-refractivity contribution in [1.29, 1.82) is 5.26 Å². The first-order valence-electron chi connectivity index (χ1n) is 10.5. The molecule has 0 unspecified atom stereocenters. The Balaban J connectivity index is 1.49. The molecule has 0 aliphatic heterocycles. The van der Waals surface area contributed by atoms with Crippen molar-refractivity contribution in [3.05, 3.63) is 81.4 Å². The van der Waals surface area contributed by atoms with E-state index in [0.717, 1.165) is 40.6 Å². The van der Waals surface area contributed by atoms with Crippen LogP contribution in [0.15, 0.2) is 59.5 Å². The Hall–Kier alpha value is -3.56. The van der Waals surface area contributed by atoms with Gasteiger partial charge in [-0.3, -0.25) is 9.48 Å². The Morgan fingerprint density at radius 3 is 2.72 bits per heavy atom. The number of nitrogens with one attached hydrogen (secondary N) is 1. The van der Waals surface area contributed by atoms with Crippen LogP contribution in [0.2, 0.25) is 5.02 Å². The van der Waals surface area contributed by atoms with Crippen molar-refractivity contribution in [2.45, 2.75) is 32.9 Å². The van der Waals surface area contributed by atoms with E-state index in [9.17, 15) is 10.1 Å². The fourth-order valence-corrected chi connectivity index (χ4v) is 4.03. The van der Waals surface area contributed by atoms with Crippen LogP contribution >= 0.6 is 11.6 Å². The van der Waals surface area contributed by atoms with Crippen LogP contribution in [0, 0.1) is 23.7 Å². The zero-order chi connectivity index (χ0) is 22.3. The maximum atomic E-state index is 12.7. The first kappa shape index (κ1) is 20.3. The van der Waals surface area contributed by atoms with Crippen molar-refractivity contribution >= 4 is 22.5 Å². The Morgan fingerprint density at radius 2 is 2.00 bits per heavy atom. The summed E-state index contributed by atoms with van der Waals surface area (Å²) in [5.41, 5.74) is 3.52. The van der Waals surface area contributed by atoms with Crippen LogP contribution in [0.25, 0.3) is 22.0 Å². The molecule has 2 aromatic carbocycles. The number of nitrogens with zero attached hydrogens (tertiary/aromatic N) is 3. The number of aromatic nitrogens is 3. The van der Waals surface area contributed by atoms with Gasteiger partial charge >= 0.3 is 0 Å². The highest BCUT2D eigenvalue weighted by Gasteiger charge is 2.44. The summed E-state index contributed by atoms with van der Waals surface area (Å²) in [6, 6.07) is 17.4. The van der Waals surface area contributed by atoms with Gasteiger partial charge in [0.2, 0.25) is 0 Å². The summed E-state index contributed by atoms with van der Waals surface area (Å²) < 4.78 is 7.93. The number of hydrogen-bond donors (Lipinski definition) is 1. The number of aromatic amines is 1. The van der Waals surface area contributed by atoms with Gasteiger partial charge < -0.3 is 9.72 Å². The predicted molar refractivity (Wildman–Crippen MR) is 124 cm³/mol. The maximum Gasteiger partial charge on any atom is 0.259 e. The lowest BCUT2D eigenvalue weighted by molar-refractivity contribution is 0.307. The molecular weight excluding hydrogens is 424 g/mol.